The molecule has 0 aromatic heterocycles. The summed E-state index contributed by atoms with van der Waals surface area (Å²) in [5.74, 6) is -0.204. The molecule has 3 atom stereocenters. The molecule has 2 saturated heterocycles. The summed E-state index contributed by atoms with van der Waals surface area (Å²) in [7, 11) is 0. The van der Waals surface area contributed by atoms with Gasteiger partial charge in [-0.15, -0.1) is 0 Å². The highest BCUT2D eigenvalue weighted by molar-refractivity contribution is 5.99. The third kappa shape index (κ3) is 2.37. The number of carbonyl (C=O) groups is 2. The van der Waals surface area contributed by atoms with Gasteiger partial charge in [0, 0.05) is 18.9 Å². The molecule has 2 aliphatic rings. The first kappa shape index (κ1) is 12.6. The van der Waals surface area contributed by atoms with Crippen molar-refractivity contribution in [3.63, 3.8) is 0 Å². The molecule has 0 bridgehead atoms. The number of nitrogens with one attached hydrogen (secondary N) is 1. The van der Waals surface area contributed by atoms with Crippen molar-refractivity contribution in [1.82, 2.24) is 5.32 Å². The smallest absolute Gasteiger partial charge is 0.230 e. The molecule has 96 valence electrons. The lowest BCUT2D eigenvalue weighted by atomic mass is 9.63. The van der Waals surface area contributed by atoms with Crippen molar-refractivity contribution < 1.29 is 14.3 Å². The zero-order valence-electron chi connectivity index (χ0n) is 10.6. The molecule has 17 heavy (non-hydrogen) atoms. The summed E-state index contributed by atoms with van der Waals surface area (Å²) in [4.78, 5) is 23.6. The number of carbonyl (C=O) groups excluding carboxylic acids is 2. The molecule has 1 spiro atoms. The highest BCUT2D eigenvalue weighted by atomic mass is 16.5. The molecule has 1 N–H and O–H groups in total. The molecule has 2 fully saturated rings. The van der Waals surface area contributed by atoms with E-state index in [2.05, 4.69) is 12.2 Å². The van der Waals surface area contributed by atoms with E-state index >= 15 is 0 Å². The SMILES string of the molecule is CCCC1C(=O)NC(=O)CC12CCOC(C)C2. The highest BCUT2D eigenvalue weighted by Crippen LogP contribution is 2.47. The summed E-state index contributed by atoms with van der Waals surface area (Å²) in [6, 6.07) is 0. The molecule has 0 radical (unpaired) electrons. The first-order valence-corrected chi connectivity index (χ1v) is 6.53. The summed E-state index contributed by atoms with van der Waals surface area (Å²) in [6.07, 6.45) is 4.14. The van der Waals surface area contributed by atoms with Crippen LogP contribution in [0.4, 0.5) is 0 Å². The van der Waals surface area contributed by atoms with Crippen LogP contribution < -0.4 is 5.32 Å². The van der Waals surface area contributed by atoms with E-state index in [9.17, 15) is 9.59 Å². The maximum absolute atomic E-state index is 12.0. The zero-order valence-corrected chi connectivity index (χ0v) is 10.6. The Morgan fingerprint density at radius 2 is 2.24 bits per heavy atom. The van der Waals surface area contributed by atoms with E-state index in [0.717, 1.165) is 25.7 Å². The monoisotopic (exact) mass is 239 g/mol. The van der Waals surface area contributed by atoms with Crippen LogP contribution in [0, 0.1) is 11.3 Å². The number of rotatable bonds is 2. The average molecular weight is 239 g/mol. The molecule has 3 unspecified atom stereocenters. The Kier molecular flexibility index (Phi) is 3.52. The predicted octanol–water partition coefficient (Wildman–Crippen LogP) is 1.63. The lowest BCUT2D eigenvalue weighted by molar-refractivity contribution is -0.152. The third-order valence-electron chi connectivity index (χ3n) is 4.10. The van der Waals surface area contributed by atoms with Gasteiger partial charge >= 0.3 is 0 Å². The quantitative estimate of drug-likeness (QED) is 0.745. The van der Waals surface area contributed by atoms with Crippen LogP contribution in [0.25, 0.3) is 0 Å². The first-order valence-electron chi connectivity index (χ1n) is 6.53. The Bertz CT molecular complexity index is 329. The maximum atomic E-state index is 12.0. The van der Waals surface area contributed by atoms with Crippen molar-refractivity contribution >= 4 is 11.8 Å². The van der Waals surface area contributed by atoms with Gasteiger partial charge in [-0.05, 0) is 31.6 Å². The molecule has 2 amide bonds. The van der Waals surface area contributed by atoms with Crippen molar-refractivity contribution in [2.45, 2.75) is 52.1 Å². The van der Waals surface area contributed by atoms with Gasteiger partial charge in [-0.3, -0.25) is 14.9 Å². The molecule has 2 aliphatic heterocycles. The summed E-state index contributed by atoms with van der Waals surface area (Å²) < 4.78 is 5.56. The van der Waals surface area contributed by atoms with E-state index < -0.39 is 0 Å². The zero-order chi connectivity index (χ0) is 12.5. The molecule has 0 aliphatic carbocycles. The number of ether oxygens (including phenoxy) is 1. The van der Waals surface area contributed by atoms with Gasteiger partial charge in [0.2, 0.25) is 11.8 Å². The van der Waals surface area contributed by atoms with E-state index in [0.29, 0.717) is 13.0 Å². The largest absolute Gasteiger partial charge is 0.378 e. The molecule has 0 saturated carbocycles. The highest BCUT2D eigenvalue weighted by Gasteiger charge is 2.49. The van der Waals surface area contributed by atoms with E-state index in [4.69, 9.17) is 4.74 Å². The second-order valence-electron chi connectivity index (χ2n) is 5.43. The number of amides is 2. The van der Waals surface area contributed by atoms with Crippen LogP contribution in [0.15, 0.2) is 0 Å². The van der Waals surface area contributed by atoms with Crippen LogP contribution in [0.2, 0.25) is 0 Å². The molecular formula is C13H21NO3. The van der Waals surface area contributed by atoms with Crippen LogP contribution >= 0.6 is 0 Å². The molecule has 0 aromatic carbocycles. The van der Waals surface area contributed by atoms with Crippen molar-refractivity contribution in [3.05, 3.63) is 0 Å². The minimum absolute atomic E-state index is 0.0171. The summed E-state index contributed by atoms with van der Waals surface area (Å²) in [6.45, 7) is 4.78. The van der Waals surface area contributed by atoms with Gasteiger partial charge in [-0.25, -0.2) is 0 Å². The van der Waals surface area contributed by atoms with Gasteiger partial charge in [-0.1, -0.05) is 13.3 Å². The number of hydrogen-bond donors (Lipinski definition) is 1. The Hall–Kier alpha value is -0.900. The van der Waals surface area contributed by atoms with E-state index in [1.807, 2.05) is 6.92 Å². The van der Waals surface area contributed by atoms with Crippen LogP contribution in [-0.2, 0) is 14.3 Å². The second-order valence-corrected chi connectivity index (χ2v) is 5.43. The van der Waals surface area contributed by atoms with Gasteiger partial charge in [-0.2, -0.15) is 0 Å². The summed E-state index contributed by atoms with van der Waals surface area (Å²) in [5, 5.41) is 2.48. The van der Waals surface area contributed by atoms with Crippen molar-refractivity contribution in [2.75, 3.05) is 6.61 Å². The van der Waals surface area contributed by atoms with Crippen LogP contribution in [0.1, 0.15) is 46.0 Å². The van der Waals surface area contributed by atoms with E-state index in [1.54, 1.807) is 0 Å². The molecule has 2 heterocycles. The molecule has 2 rings (SSSR count). The lowest BCUT2D eigenvalue weighted by Gasteiger charge is -2.46. The molecule has 0 aromatic rings. The average Bonchev–Trinajstić information content (AvgIpc) is 2.23. The Morgan fingerprint density at radius 1 is 1.47 bits per heavy atom. The van der Waals surface area contributed by atoms with Crippen LogP contribution in [0.3, 0.4) is 0 Å². The van der Waals surface area contributed by atoms with E-state index in [1.165, 1.54) is 0 Å². The van der Waals surface area contributed by atoms with Crippen LogP contribution in [0.5, 0.6) is 0 Å². The number of piperidine rings is 1. The number of imide groups is 1. The topological polar surface area (TPSA) is 55.4 Å². The molecular weight excluding hydrogens is 218 g/mol. The van der Waals surface area contributed by atoms with Gasteiger partial charge in [0.1, 0.15) is 0 Å². The first-order chi connectivity index (χ1) is 8.07. The van der Waals surface area contributed by atoms with Crippen molar-refractivity contribution in [2.24, 2.45) is 11.3 Å². The fourth-order valence-corrected chi connectivity index (χ4v) is 3.39. The Morgan fingerprint density at radius 3 is 2.88 bits per heavy atom. The van der Waals surface area contributed by atoms with Crippen LogP contribution in [-0.4, -0.2) is 24.5 Å². The van der Waals surface area contributed by atoms with Gasteiger partial charge in [0.25, 0.3) is 0 Å². The minimum Gasteiger partial charge on any atom is -0.378 e. The predicted molar refractivity (Wildman–Crippen MR) is 63.2 cm³/mol. The minimum atomic E-state index is -0.146. The molecule has 4 nitrogen and oxygen atoms in total. The number of hydrogen-bond acceptors (Lipinski definition) is 3. The lowest BCUT2D eigenvalue weighted by Crippen LogP contribution is -2.54. The third-order valence-corrected chi connectivity index (χ3v) is 4.10. The van der Waals surface area contributed by atoms with Crippen molar-refractivity contribution in [1.29, 1.82) is 0 Å². The Balaban J connectivity index is 2.24. The maximum Gasteiger partial charge on any atom is 0.230 e. The standard InChI is InChI=1S/C13H21NO3/c1-3-4-10-12(16)14-11(15)8-13(10)5-6-17-9(2)7-13/h9-10H,3-8H2,1-2H3,(H,14,15,16). The Labute approximate surface area is 102 Å². The molecule has 4 heteroatoms. The van der Waals surface area contributed by atoms with Crippen molar-refractivity contribution in [3.8, 4) is 0 Å². The van der Waals surface area contributed by atoms with E-state index in [-0.39, 0.29) is 29.3 Å². The summed E-state index contributed by atoms with van der Waals surface area (Å²) in [5.41, 5.74) is -0.146. The van der Waals surface area contributed by atoms with Gasteiger partial charge < -0.3 is 4.74 Å². The fourth-order valence-electron chi connectivity index (χ4n) is 3.39. The normalized spacial score (nSPS) is 38.2. The van der Waals surface area contributed by atoms with Gasteiger partial charge in [0.15, 0.2) is 0 Å². The van der Waals surface area contributed by atoms with Gasteiger partial charge in [0.05, 0.1) is 6.10 Å². The summed E-state index contributed by atoms with van der Waals surface area (Å²) >= 11 is 0. The fraction of sp³-hybridized carbons (Fsp3) is 0.846. The second kappa shape index (κ2) is 4.77.